The van der Waals surface area contributed by atoms with Gasteiger partial charge in [0.05, 0.1) is 12.3 Å². The number of halogens is 1. The fourth-order valence-corrected chi connectivity index (χ4v) is 3.38. The number of fused-ring (bicyclic) bond motifs is 2. The Morgan fingerprint density at radius 1 is 1.29 bits per heavy atom. The second-order valence-corrected chi connectivity index (χ2v) is 5.43. The van der Waals surface area contributed by atoms with E-state index in [2.05, 4.69) is 0 Å². The van der Waals surface area contributed by atoms with Crippen LogP contribution < -0.4 is 10.5 Å². The number of anilines is 1. The molecule has 2 aliphatic rings. The van der Waals surface area contributed by atoms with E-state index in [0.717, 1.165) is 18.4 Å². The summed E-state index contributed by atoms with van der Waals surface area (Å²) >= 11 is 0. The molecule has 3 heteroatoms. The van der Waals surface area contributed by atoms with Crippen LogP contribution in [0.5, 0.6) is 5.75 Å². The predicted octanol–water partition coefficient (Wildman–Crippen LogP) is 3.22. The minimum absolute atomic E-state index is 0.178. The molecular weight excluding hydrogens is 217 g/mol. The number of benzene rings is 1. The minimum atomic E-state index is -0.393. The molecule has 2 nitrogen and oxygen atoms in total. The van der Waals surface area contributed by atoms with Crippen LogP contribution in [-0.4, -0.2) is 6.61 Å². The van der Waals surface area contributed by atoms with Gasteiger partial charge in [0.2, 0.25) is 0 Å². The van der Waals surface area contributed by atoms with Crippen molar-refractivity contribution in [2.75, 3.05) is 12.3 Å². The van der Waals surface area contributed by atoms with Gasteiger partial charge < -0.3 is 10.5 Å². The van der Waals surface area contributed by atoms with Crippen LogP contribution in [0, 0.1) is 23.6 Å². The maximum Gasteiger partial charge on any atom is 0.149 e. The van der Waals surface area contributed by atoms with Gasteiger partial charge in [-0.3, -0.25) is 0 Å². The van der Waals surface area contributed by atoms with Crippen LogP contribution in [0.15, 0.2) is 18.2 Å². The summed E-state index contributed by atoms with van der Waals surface area (Å²) in [5.41, 5.74) is 5.60. The van der Waals surface area contributed by atoms with Crippen LogP contribution in [0.4, 0.5) is 10.1 Å². The average Bonchev–Trinajstić information content (AvgIpc) is 2.92. The molecule has 1 aromatic carbocycles. The molecule has 0 saturated heterocycles. The molecular formula is C14H18FNO. The predicted molar refractivity (Wildman–Crippen MR) is 65.2 cm³/mol. The van der Waals surface area contributed by atoms with Gasteiger partial charge in [0.1, 0.15) is 11.6 Å². The zero-order valence-corrected chi connectivity index (χ0v) is 9.86. The van der Waals surface area contributed by atoms with Crippen molar-refractivity contribution in [3.8, 4) is 5.75 Å². The highest BCUT2D eigenvalue weighted by Crippen LogP contribution is 2.48. The highest BCUT2D eigenvalue weighted by molar-refractivity contribution is 5.43. The Balaban J connectivity index is 1.59. The molecule has 2 fully saturated rings. The van der Waals surface area contributed by atoms with Crippen molar-refractivity contribution >= 4 is 5.69 Å². The molecule has 3 rings (SSSR count). The fourth-order valence-electron chi connectivity index (χ4n) is 3.38. The molecule has 0 spiro atoms. The van der Waals surface area contributed by atoms with E-state index in [9.17, 15) is 4.39 Å². The van der Waals surface area contributed by atoms with Gasteiger partial charge in [0.15, 0.2) is 0 Å². The second-order valence-electron chi connectivity index (χ2n) is 5.43. The van der Waals surface area contributed by atoms with Gasteiger partial charge in [-0.25, -0.2) is 4.39 Å². The van der Waals surface area contributed by atoms with Gasteiger partial charge in [-0.1, -0.05) is 6.42 Å². The Morgan fingerprint density at radius 3 is 2.82 bits per heavy atom. The third-order valence-electron chi connectivity index (χ3n) is 4.32. The molecule has 3 unspecified atom stereocenters. The third-order valence-corrected chi connectivity index (χ3v) is 4.32. The summed E-state index contributed by atoms with van der Waals surface area (Å²) in [5, 5.41) is 0. The maximum atomic E-state index is 13.2. The number of hydrogen-bond donors (Lipinski definition) is 1. The summed E-state index contributed by atoms with van der Waals surface area (Å²) in [4.78, 5) is 0. The normalized spacial score (nSPS) is 30.8. The lowest BCUT2D eigenvalue weighted by Gasteiger charge is -2.21. The molecule has 3 atom stereocenters. The van der Waals surface area contributed by atoms with Crippen molar-refractivity contribution in [1.29, 1.82) is 0 Å². The van der Waals surface area contributed by atoms with E-state index in [1.165, 1.54) is 31.7 Å². The standard InChI is InChI=1S/C14H18FNO/c15-13-7-12(3-4-14(13)16)17-8-11-6-9-1-2-10(11)5-9/h3-4,7,9-11H,1-2,5-6,8,16H2. The monoisotopic (exact) mass is 235 g/mol. The molecule has 2 bridgehead atoms. The van der Waals surface area contributed by atoms with E-state index < -0.39 is 5.82 Å². The molecule has 0 aliphatic heterocycles. The van der Waals surface area contributed by atoms with Crippen molar-refractivity contribution in [3.63, 3.8) is 0 Å². The van der Waals surface area contributed by atoms with Gasteiger partial charge in [-0.05, 0) is 49.1 Å². The Labute approximate surface area is 101 Å². The summed E-state index contributed by atoms with van der Waals surface area (Å²) in [6.07, 6.45) is 5.43. The summed E-state index contributed by atoms with van der Waals surface area (Å²) in [7, 11) is 0. The first-order chi connectivity index (χ1) is 8.22. The summed E-state index contributed by atoms with van der Waals surface area (Å²) < 4.78 is 18.9. The van der Waals surface area contributed by atoms with Gasteiger partial charge >= 0.3 is 0 Å². The number of ether oxygens (including phenoxy) is 1. The van der Waals surface area contributed by atoms with E-state index in [1.54, 1.807) is 12.1 Å². The van der Waals surface area contributed by atoms with E-state index in [4.69, 9.17) is 10.5 Å². The zero-order chi connectivity index (χ0) is 11.8. The molecule has 2 N–H and O–H groups in total. The summed E-state index contributed by atoms with van der Waals surface area (Å²) in [6, 6.07) is 4.68. The Kier molecular flexibility index (Phi) is 2.69. The lowest BCUT2D eigenvalue weighted by Crippen LogP contribution is -2.18. The molecule has 1 aromatic rings. The molecule has 17 heavy (non-hydrogen) atoms. The van der Waals surface area contributed by atoms with Gasteiger partial charge in [-0.15, -0.1) is 0 Å². The number of hydrogen-bond acceptors (Lipinski definition) is 2. The third kappa shape index (κ3) is 2.11. The van der Waals surface area contributed by atoms with Crippen molar-refractivity contribution in [2.45, 2.75) is 25.7 Å². The average molecular weight is 235 g/mol. The SMILES string of the molecule is Nc1ccc(OCC2CC3CCC2C3)cc1F. The van der Waals surface area contributed by atoms with Crippen LogP contribution in [0.3, 0.4) is 0 Å². The largest absolute Gasteiger partial charge is 0.493 e. The molecule has 0 amide bonds. The first kappa shape index (κ1) is 10.9. The Bertz CT molecular complexity index is 421. The van der Waals surface area contributed by atoms with E-state index in [0.29, 0.717) is 11.7 Å². The van der Waals surface area contributed by atoms with Crippen LogP contribution in [0.25, 0.3) is 0 Å². The number of nitrogen functional groups attached to an aromatic ring is 1. The number of rotatable bonds is 3. The molecule has 92 valence electrons. The van der Waals surface area contributed by atoms with Gasteiger partial charge in [-0.2, -0.15) is 0 Å². The van der Waals surface area contributed by atoms with Crippen LogP contribution in [-0.2, 0) is 0 Å². The maximum absolute atomic E-state index is 13.2. The van der Waals surface area contributed by atoms with E-state index in [-0.39, 0.29) is 5.69 Å². The molecule has 0 aromatic heterocycles. The smallest absolute Gasteiger partial charge is 0.149 e. The molecule has 0 radical (unpaired) electrons. The quantitative estimate of drug-likeness (QED) is 0.816. The lowest BCUT2D eigenvalue weighted by molar-refractivity contribution is 0.195. The Morgan fingerprint density at radius 2 is 2.18 bits per heavy atom. The highest BCUT2D eigenvalue weighted by atomic mass is 19.1. The van der Waals surface area contributed by atoms with E-state index >= 15 is 0 Å². The van der Waals surface area contributed by atoms with Crippen LogP contribution >= 0.6 is 0 Å². The first-order valence-electron chi connectivity index (χ1n) is 6.40. The lowest BCUT2D eigenvalue weighted by atomic mass is 9.89. The first-order valence-corrected chi connectivity index (χ1v) is 6.40. The summed E-state index contributed by atoms with van der Waals surface area (Å²) in [6.45, 7) is 0.727. The van der Waals surface area contributed by atoms with Crippen LogP contribution in [0.2, 0.25) is 0 Å². The minimum Gasteiger partial charge on any atom is -0.493 e. The van der Waals surface area contributed by atoms with Crippen molar-refractivity contribution in [3.05, 3.63) is 24.0 Å². The highest BCUT2D eigenvalue weighted by Gasteiger charge is 2.39. The number of nitrogens with two attached hydrogens (primary N) is 1. The van der Waals surface area contributed by atoms with Crippen molar-refractivity contribution in [1.82, 2.24) is 0 Å². The topological polar surface area (TPSA) is 35.2 Å². The second kappa shape index (κ2) is 4.21. The van der Waals surface area contributed by atoms with Crippen LogP contribution in [0.1, 0.15) is 25.7 Å². The van der Waals surface area contributed by atoms with Gasteiger partial charge in [0, 0.05) is 6.07 Å². The summed E-state index contributed by atoms with van der Waals surface area (Å²) in [5.74, 6) is 2.65. The van der Waals surface area contributed by atoms with Crippen molar-refractivity contribution in [2.24, 2.45) is 17.8 Å². The fraction of sp³-hybridized carbons (Fsp3) is 0.571. The molecule has 0 heterocycles. The van der Waals surface area contributed by atoms with Crippen molar-refractivity contribution < 1.29 is 9.13 Å². The van der Waals surface area contributed by atoms with Gasteiger partial charge in [0.25, 0.3) is 0 Å². The Hall–Kier alpha value is -1.25. The van der Waals surface area contributed by atoms with E-state index in [1.807, 2.05) is 0 Å². The molecule has 2 aliphatic carbocycles. The molecule has 2 saturated carbocycles. The zero-order valence-electron chi connectivity index (χ0n) is 9.86.